The number of aromatic nitrogens is 2. The molecular formula is C10H15ClN2O2. The Morgan fingerprint density at radius 2 is 2.40 bits per heavy atom. The lowest BCUT2D eigenvalue weighted by Gasteiger charge is -2.24. The van der Waals surface area contributed by atoms with Gasteiger partial charge in [0.1, 0.15) is 5.60 Å². The number of nitrogens with zero attached hydrogens (tertiary/aromatic N) is 2. The Kier molecular flexibility index (Phi) is 2.75. The van der Waals surface area contributed by atoms with Gasteiger partial charge in [0.2, 0.25) is 0 Å². The first kappa shape index (κ1) is 10.9. The Morgan fingerprint density at radius 3 is 2.93 bits per heavy atom. The van der Waals surface area contributed by atoms with Crippen LogP contribution in [0.2, 0.25) is 5.02 Å². The normalized spacial score (nSPS) is 26.5. The minimum atomic E-state index is -0.974. The van der Waals surface area contributed by atoms with Gasteiger partial charge in [0, 0.05) is 19.1 Å². The molecule has 1 aromatic heterocycles. The van der Waals surface area contributed by atoms with Gasteiger partial charge in [-0.3, -0.25) is 4.68 Å². The van der Waals surface area contributed by atoms with Crippen LogP contribution in [-0.4, -0.2) is 28.1 Å². The fourth-order valence-electron chi connectivity index (χ4n) is 1.91. The number of hydrogen-bond acceptors (Lipinski definition) is 3. The molecule has 4 nitrogen and oxygen atoms in total. The first-order valence-electron chi connectivity index (χ1n) is 5.08. The van der Waals surface area contributed by atoms with Crippen molar-refractivity contribution in [3.05, 3.63) is 16.9 Å². The van der Waals surface area contributed by atoms with Crippen molar-refractivity contribution >= 4 is 11.6 Å². The van der Waals surface area contributed by atoms with Crippen molar-refractivity contribution in [2.45, 2.75) is 31.9 Å². The molecule has 15 heavy (non-hydrogen) atoms. The van der Waals surface area contributed by atoms with Gasteiger partial charge in [0.05, 0.1) is 23.5 Å². The molecule has 0 saturated carbocycles. The molecular weight excluding hydrogens is 216 g/mol. The van der Waals surface area contributed by atoms with Crippen LogP contribution in [0.3, 0.4) is 0 Å². The van der Waals surface area contributed by atoms with Crippen LogP contribution in [0.4, 0.5) is 0 Å². The SMILES string of the molecule is CC(C)n1ncc(Cl)c1C1(O)CCOC1. The van der Waals surface area contributed by atoms with E-state index in [1.54, 1.807) is 10.9 Å². The van der Waals surface area contributed by atoms with E-state index in [0.717, 1.165) is 0 Å². The monoisotopic (exact) mass is 230 g/mol. The summed E-state index contributed by atoms with van der Waals surface area (Å²) in [5, 5.41) is 15.1. The predicted molar refractivity (Wildman–Crippen MR) is 57.0 cm³/mol. The third-order valence-electron chi connectivity index (χ3n) is 2.68. The third-order valence-corrected chi connectivity index (χ3v) is 2.96. The fourth-order valence-corrected chi connectivity index (χ4v) is 2.22. The first-order chi connectivity index (χ1) is 7.04. The second kappa shape index (κ2) is 3.77. The second-order valence-corrected chi connectivity index (χ2v) is 4.62. The second-order valence-electron chi connectivity index (χ2n) is 4.21. The van der Waals surface area contributed by atoms with E-state index in [2.05, 4.69) is 5.10 Å². The van der Waals surface area contributed by atoms with Crippen molar-refractivity contribution < 1.29 is 9.84 Å². The van der Waals surface area contributed by atoms with Gasteiger partial charge >= 0.3 is 0 Å². The molecule has 5 heteroatoms. The van der Waals surface area contributed by atoms with Crippen molar-refractivity contribution in [3.63, 3.8) is 0 Å². The summed E-state index contributed by atoms with van der Waals surface area (Å²) < 4.78 is 6.98. The van der Waals surface area contributed by atoms with Gasteiger partial charge in [-0.05, 0) is 13.8 Å². The van der Waals surface area contributed by atoms with Crippen LogP contribution in [0.25, 0.3) is 0 Å². The summed E-state index contributed by atoms with van der Waals surface area (Å²) in [4.78, 5) is 0. The van der Waals surface area contributed by atoms with Crippen molar-refractivity contribution in [3.8, 4) is 0 Å². The average molecular weight is 231 g/mol. The maximum atomic E-state index is 10.4. The average Bonchev–Trinajstić information content (AvgIpc) is 2.72. The van der Waals surface area contributed by atoms with Crippen LogP contribution < -0.4 is 0 Å². The summed E-state index contributed by atoms with van der Waals surface area (Å²) in [7, 11) is 0. The molecule has 0 amide bonds. The van der Waals surface area contributed by atoms with Gasteiger partial charge in [-0.2, -0.15) is 5.10 Å². The summed E-state index contributed by atoms with van der Waals surface area (Å²) >= 11 is 6.06. The minimum Gasteiger partial charge on any atom is -0.381 e. The Bertz CT molecular complexity index is 356. The largest absolute Gasteiger partial charge is 0.381 e. The quantitative estimate of drug-likeness (QED) is 0.842. The fraction of sp³-hybridized carbons (Fsp3) is 0.700. The zero-order valence-electron chi connectivity index (χ0n) is 8.90. The molecule has 1 atom stereocenters. The topological polar surface area (TPSA) is 47.3 Å². The predicted octanol–water partition coefficient (Wildman–Crippen LogP) is 1.73. The van der Waals surface area contributed by atoms with E-state index in [0.29, 0.717) is 30.4 Å². The van der Waals surface area contributed by atoms with E-state index in [9.17, 15) is 5.11 Å². The maximum absolute atomic E-state index is 10.4. The third kappa shape index (κ3) is 1.77. The highest BCUT2D eigenvalue weighted by Crippen LogP contribution is 2.35. The summed E-state index contributed by atoms with van der Waals surface area (Å²) in [5.74, 6) is 0. The molecule has 0 bridgehead atoms. The Balaban J connectivity index is 2.45. The van der Waals surface area contributed by atoms with E-state index in [1.165, 1.54) is 0 Å². The zero-order chi connectivity index (χ0) is 11.1. The van der Waals surface area contributed by atoms with Crippen LogP contribution in [0, 0.1) is 0 Å². The summed E-state index contributed by atoms with van der Waals surface area (Å²) in [5.41, 5.74) is -0.297. The van der Waals surface area contributed by atoms with E-state index in [1.807, 2.05) is 13.8 Å². The number of aliphatic hydroxyl groups is 1. The van der Waals surface area contributed by atoms with Gasteiger partial charge in [-0.15, -0.1) is 0 Å². The van der Waals surface area contributed by atoms with Crippen molar-refractivity contribution in [1.82, 2.24) is 9.78 Å². The van der Waals surface area contributed by atoms with Gasteiger partial charge < -0.3 is 9.84 Å². The lowest BCUT2D eigenvalue weighted by Crippen LogP contribution is -2.30. The summed E-state index contributed by atoms with van der Waals surface area (Å²) in [6.07, 6.45) is 2.15. The zero-order valence-corrected chi connectivity index (χ0v) is 9.66. The Hall–Kier alpha value is -0.580. The highest BCUT2D eigenvalue weighted by molar-refractivity contribution is 6.31. The van der Waals surface area contributed by atoms with Gasteiger partial charge in [0.15, 0.2) is 0 Å². The van der Waals surface area contributed by atoms with Crippen LogP contribution >= 0.6 is 11.6 Å². The van der Waals surface area contributed by atoms with E-state index >= 15 is 0 Å². The molecule has 0 spiro atoms. The summed E-state index contributed by atoms with van der Waals surface area (Å²) in [6, 6.07) is 0.178. The molecule has 1 fully saturated rings. The highest BCUT2D eigenvalue weighted by Gasteiger charge is 2.39. The first-order valence-corrected chi connectivity index (χ1v) is 5.46. The smallest absolute Gasteiger partial charge is 0.133 e. The van der Waals surface area contributed by atoms with Crippen LogP contribution in [0.5, 0.6) is 0 Å². The number of halogens is 1. The molecule has 0 aromatic carbocycles. The molecule has 1 saturated heterocycles. The van der Waals surface area contributed by atoms with Gasteiger partial charge in [-0.1, -0.05) is 11.6 Å². The molecule has 1 unspecified atom stereocenters. The van der Waals surface area contributed by atoms with Crippen LogP contribution in [-0.2, 0) is 10.3 Å². The molecule has 2 rings (SSSR count). The van der Waals surface area contributed by atoms with E-state index in [4.69, 9.17) is 16.3 Å². The van der Waals surface area contributed by atoms with Crippen LogP contribution in [0.1, 0.15) is 32.0 Å². The van der Waals surface area contributed by atoms with Crippen molar-refractivity contribution in [2.24, 2.45) is 0 Å². The highest BCUT2D eigenvalue weighted by atomic mass is 35.5. The van der Waals surface area contributed by atoms with Gasteiger partial charge in [-0.25, -0.2) is 0 Å². The lowest BCUT2D eigenvalue weighted by atomic mass is 9.98. The number of ether oxygens (including phenoxy) is 1. The minimum absolute atomic E-state index is 0.178. The molecule has 1 N–H and O–H groups in total. The summed E-state index contributed by atoms with van der Waals surface area (Å²) in [6.45, 7) is 4.87. The Labute approximate surface area is 93.8 Å². The molecule has 1 aromatic rings. The van der Waals surface area contributed by atoms with Crippen LogP contribution in [0.15, 0.2) is 6.20 Å². The van der Waals surface area contributed by atoms with E-state index in [-0.39, 0.29) is 6.04 Å². The Morgan fingerprint density at radius 1 is 1.67 bits per heavy atom. The van der Waals surface area contributed by atoms with Crippen molar-refractivity contribution in [2.75, 3.05) is 13.2 Å². The molecule has 84 valence electrons. The van der Waals surface area contributed by atoms with Gasteiger partial charge in [0.25, 0.3) is 0 Å². The number of hydrogen-bond donors (Lipinski definition) is 1. The molecule has 0 aliphatic carbocycles. The molecule has 2 heterocycles. The lowest BCUT2D eigenvalue weighted by molar-refractivity contribution is 0.0145. The molecule has 1 aliphatic heterocycles. The van der Waals surface area contributed by atoms with E-state index < -0.39 is 5.60 Å². The molecule has 1 aliphatic rings. The molecule has 0 radical (unpaired) electrons. The number of rotatable bonds is 2. The van der Waals surface area contributed by atoms with Crippen molar-refractivity contribution in [1.29, 1.82) is 0 Å². The maximum Gasteiger partial charge on any atom is 0.133 e. The standard InChI is InChI=1S/C10H15ClN2O2/c1-7(2)13-9(8(11)5-12-13)10(14)3-4-15-6-10/h5,7,14H,3-4,6H2,1-2H3.